The standard InChI is InChI=1S/C19H27N3O2/c1-21-16(17(23)22-14(9-20)3-13-4-15(13)22)18-5-11-2-12(6-18)8-19(24,7-11)10-18/h11-16,21,24H,2-8,10H2,1H3/t11?,12?,13?,14-,15?,16+,18?,19?/m0/s1. The van der Waals surface area contributed by atoms with E-state index >= 15 is 0 Å². The molecular formula is C19H27N3O2. The highest BCUT2D eigenvalue weighted by atomic mass is 16.3. The molecular weight excluding hydrogens is 302 g/mol. The van der Waals surface area contributed by atoms with Crippen LogP contribution in [-0.2, 0) is 4.79 Å². The zero-order valence-electron chi connectivity index (χ0n) is 14.4. The van der Waals surface area contributed by atoms with Crippen molar-refractivity contribution >= 4 is 5.91 Å². The molecule has 2 N–H and O–H groups in total. The fraction of sp³-hybridized carbons (Fsp3) is 0.895. The molecule has 6 rings (SSSR count). The third kappa shape index (κ3) is 1.96. The molecule has 130 valence electrons. The molecule has 1 saturated heterocycles. The quantitative estimate of drug-likeness (QED) is 0.821. The van der Waals surface area contributed by atoms with E-state index in [0.717, 1.165) is 44.9 Å². The van der Waals surface area contributed by atoms with E-state index in [1.807, 2.05) is 11.9 Å². The molecule has 24 heavy (non-hydrogen) atoms. The van der Waals surface area contributed by atoms with Crippen molar-refractivity contribution in [2.24, 2.45) is 23.2 Å². The maximum absolute atomic E-state index is 13.4. The van der Waals surface area contributed by atoms with Gasteiger partial charge in [0.05, 0.1) is 17.7 Å². The highest BCUT2D eigenvalue weighted by Crippen LogP contribution is 2.63. The summed E-state index contributed by atoms with van der Waals surface area (Å²) in [6, 6.07) is 2.16. The fourth-order valence-electron chi connectivity index (χ4n) is 7.35. The van der Waals surface area contributed by atoms with E-state index in [1.54, 1.807) is 0 Å². The largest absolute Gasteiger partial charge is 0.390 e. The molecule has 5 saturated carbocycles. The first-order valence-electron chi connectivity index (χ1n) is 9.58. The number of piperidine rings is 1. The van der Waals surface area contributed by atoms with Crippen LogP contribution in [0.1, 0.15) is 51.4 Å². The maximum Gasteiger partial charge on any atom is 0.241 e. The molecule has 0 aromatic heterocycles. The van der Waals surface area contributed by atoms with Gasteiger partial charge in [-0.25, -0.2) is 0 Å². The number of carbonyl (C=O) groups is 1. The molecule has 4 unspecified atom stereocenters. The summed E-state index contributed by atoms with van der Waals surface area (Å²) < 4.78 is 0. The molecule has 4 bridgehead atoms. The van der Waals surface area contributed by atoms with Crippen LogP contribution in [0.15, 0.2) is 0 Å². The van der Waals surface area contributed by atoms with Gasteiger partial charge < -0.3 is 15.3 Å². The smallest absolute Gasteiger partial charge is 0.241 e. The number of hydrogen-bond acceptors (Lipinski definition) is 4. The van der Waals surface area contributed by atoms with Crippen molar-refractivity contribution in [3.63, 3.8) is 0 Å². The van der Waals surface area contributed by atoms with Gasteiger partial charge in [0.1, 0.15) is 6.04 Å². The lowest BCUT2D eigenvalue weighted by molar-refractivity contribution is -0.180. The topological polar surface area (TPSA) is 76.4 Å². The number of amides is 1. The van der Waals surface area contributed by atoms with Crippen molar-refractivity contribution in [3.05, 3.63) is 0 Å². The van der Waals surface area contributed by atoms with Crippen LogP contribution in [0.3, 0.4) is 0 Å². The third-order valence-electron chi connectivity index (χ3n) is 7.73. The lowest BCUT2D eigenvalue weighted by Gasteiger charge is -2.62. The Hall–Kier alpha value is -1.12. The van der Waals surface area contributed by atoms with Crippen LogP contribution in [0.25, 0.3) is 0 Å². The summed E-state index contributed by atoms with van der Waals surface area (Å²) in [6.45, 7) is 0. The van der Waals surface area contributed by atoms with Crippen molar-refractivity contribution in [2.45, 2.75) is 75.1 Å². The minimum absolute atomic E-state index is 0.113. The average Bonchev–Trinajstić information content (AvgIpc) is 3.15. The van der Waals surface area contributed by atoms with Crippen molar-refractivity contribution < 1.29 is 9.90 Å². The molecule has 0 aromatic rings. The zero-order valence-corrected chi connectivity index (χ0v) is 14.4. The Bertz CT molecular complexity index is 613. The minimum atomic E-state index is -0.554. The molecule has 5 nitrogen and oxygen atoms in total. The lowest BCUT2D eigenvalue weighted by atomic mass is 9.46. The molecule has 1 heterocycles. The zero-order chi connectivity index (χ0) is 16.7. The molecule has 6 atom stereocenters. The average molecular weight is 329 g/mol. The van der Waals surface area contributed by atoms with Crippen LogP contribution < -0.4 is 5.32 Å². The number of nitrogens with zero attached hydrogens (tertiary/aromatic N) is 2. The summed E-state index contributed by atoms with van der Waals surface area (Å²) in [4.78, 5) is 15.3. The van der Waals surface area contributed by atoms with Crippen molar-refractivity contribution in [1.29, 1.82) is 5.26 Å². The fourth-order valence-corrected chi connectivity index (χ4v) is 7.35. The first kappa shape index (κ1) is 15.2. The summed E-state index contributed by atoms with van der Waals surface area (Å²) in [6.07, 6.45) is 7.86. The molecule has 0 aromatic carbocycles. The van der Waals surface area contributed by atoms with Gasteiger partial charge in [-0.3, -0.25) is 4.79 Å². The van der Waals surface area contributed by atoms with Gasteiger partial charge >= 0.3 is 0 Å². The Balaban J connectivity index is 1.46. The van der Waals surface area contributed by atoms with Gasteiger partial charge in [-0.1, -0.05) is 0 Å². The van der Waals surface area contributed by atoms with Gasteiger partial charge in [0.15, 0.2) is 0 Å². The Morgan fingerprint density at radius 1 is 1.25 bits per heavy atom. The van der Waals surface area contributed by atoms with E-state index in [2.05, 4.69) is 11.4 Å². The van der Waals surface area contributed by atoms with Crippen LogP contribution in [0.4, 0.5) is 0 Å². The van der Waals surface area contributed by atoms with Gasteiger partial charge in [-0.2, -0.15) is 5.26 Å². The number of nitrogens with one attached hydrogen (secondary N) is 1. The number of likely N-dealkylation sites (N-methyl/N-ethyl adjacent to an activating group) is 1. The molecule has 6 fully saturated rings. The number of likely N-dealkylation sites (tertiary alicyclic amines) is 1. The molecule has 1 amide bonds. The predicted octanol–water partition coefficient (Wildman–Crippen LogP) is 1.42. The summed E-state index contributed by atoms with van der Waals surface area (Å²) in [5.74, 6) is 1.81. The summed E-state index contributed by atoms with van der Waals surface area (Å²) >= 11 is 0. The number of fused-ring (bicyclic) bond motifs is 1. The van der Waals surface area contributed by atoms with E-state index < -0.39 is 5.60 Å². The second kappa shape index (κ2) is 4.74. The van der Waals surface area contributed by atoms with E-state index in [9.17, 15) is 15.2 Å². The SMILES string of the molecule is CN[C@H](C(=O)N1C2CC2C[C@H]1C#N)C12CC3CC(CC(O)(C3)C1)C2. The summed E-state index contributed by atoms with van der Waals surface area (Å²) in [5.41, 5.74) is -0.668. The second-order valence-corrected chi connectivity index (χ2v) is 9.46. The van der Waals surface area contributed by atoms with Crippen molar-refractivity contribution in [1.82, 2.24) is 10.2 Å². The Kier molecular flexibility index (Phi) is 2.99. The van der Waals surface area contributed by atoms with Gasteiger partial charge in [0.25, 0.3) is 0 Å². The van der Waals surface area contributed by atoms with Gasteiger partial charge in [-0.15, -0.1) is 0 Å². The number of aliphatic hydroxyl groups is 1. The molecule has 0 radical (unpaired) electrons. The predicted molar refractivity (Wildman–Crippen MR) is 87.7 cm³/mol. The minimum Gasteiger partial charge on any atom is -0.390 e. The maximum atomic E-state index is 13.4. The number of rotatable bonds is 3. The number of hydrogen-bond donors (Lipinski definition) is 2. The van der Waals surface area contributed by atoms with Crippen LogP contribution >= 0.6 is 0 Å². The number of carbonyl (C=O) groups excluding carboxylic acids is 1. The van der Waals surface area contributed by atoms with Gasteiger partial charge in [0, 0.05) is 6.04 Å². The van der Waals surface area contributed by atoms with Crippen molar-refractivity contribution in [3.8, 4) is 6.07 Å². The Labute approximate surface area is 143 Å². The second-order valence-electron chi connectivity index (χ2n) is 9.46. The highest BCUT2D eigenvalue weighted by Gasteiger charge is 2.63. The van der Waals surface area contributed by atoms with E-state index in [1.165, 1.54) is 6.42 Å². The van der Waals surface area contributed by atoms with Gasteiger partial charge in [0.2, 0.25) is 5.91 Å². The van der Waals surface area contributed by atoms with Crippen LogP contribution in [0.2, 0.25) is 0 Å². The van der Waals surface area contributed by atoms with Crippen molar-refractivity contribution in [2.75, 3.05) is 7.05 Å². The van der Waals surface area contributed by atoms with E-state index in [0.29, 0.717) is 23.8 Å². The summed E-state index contributed by atoms with van der Waals surface area (Å²) in [5, 5.41) is 23.8. The first-order valence-corrected chi connectivity index (χ1v) is 9.58. The van der Waals surface area contributed by atoms with Gasteiger partial charge in [-0.05, 0) is 81.6 Å². The molecule has 0 spiro atoms. The highest BCUT2D eigenvalue weighted by molar-refractivity contribution is 5.85. The Morgan fingerprint density at radius 3 is 2.54 bits per heavy atom. The molecule has 1 aliphatic heterocycles. The normalized spacial score (nSPS) is 52.0. The summed E-state index contributed by atoms with van der Waals surface area (Å²) in [7, 11) is 1.88. The van der Waals surface area contributed by atoms with Crippen LogP contribution in [-0.4, -0.2) is 46.7 Å². The molecule has 5 aliphatic carbocycles. The molecule has 6 aliphatic rings. The lowest BCUT2D eigenvalue weighted by Crippen LogP contribution is -2.65. The van der Waals surface area contributed by atoms with E-state index in [-0.39, 0.29) is 23.4 Å². The third-order valence-corrected chi connectivity index (χ3v) is 7.73. The van der Waals surface area contributed by atoms with Crippen LogP contribution in [0, 0.1) is 34.5 Å². The monoisotopic (exact) mass is 329 g/mol. The Morgan fingerprint density at radius 2 is 1.96 bits per heavy atom. The number of nitriles is 1. The van der Waals surface area contributed by atoms with E-state index in [4.69, 9.17) is 0 Å². The molecule has 5 heteroatoms. The van der Waals surface area contributed by atoms with Crippen LogP contribution in [0.5, 0.6) is 0 Å². The first-order chi connectivity index (χ1) is 11.5.